The molecule has 7 nitrogen and oxygen atoms in total. The van der Waals surface area contributed by atoms with E-state index in [1.165, 1.54) is 18.5 Å². The number of carbonyl (C=O) groups excluding carboxylic acids is 2. The van der Waals surface area contributed by atoms with Gasteiger partial charge in [0, 0.05) is 50.8 Å². The van der Waals surface area contributed by atoms with Crippen molar-refractivity contribution < 1.29 is 14.0 Å². The highest BCUT2D eigenvalue weighted by atomic mass is 19.1. The lowest BCUT2D eigenvalue weighted by Gasteiger charge is -2.34. The second-order valence-corrected chi connectivity index (χ2v) is 7.60. The van der Waals surface area contributed by atoms with Gasteiger partial charge in [0.15, 0.2) is 5.78 Å². The second-order valence-electron chi connectivity index (χ2n) is 7.60. The Labute approximate surface area is 169 Å². The first-order chi connectivity index (χ1) is 14.0. The second kappa shape index (κ2) is 8.14. The summed E-state index contributed by atoms with van der Waals surface area (Å²) in [6.07, 6.45) is 2.98. The van der Waals surface area contributed by atoms with E-state index in [0.717, 1.165) is 44.1 Å². The minimum atomic E-state index is -0.335. The third-order valence-corrected chi connectivity index (χ3v) is 5.74. The molecule has 0 radical (unpaired) electrons. The zero-order valence-electron chi connectivity index (χ0n) is 16.4. The monoisotopic (exact) mass is 397 g/mol. The van der Waals surface area contributed by atoms with Crippen molar-refractivity contribution in [3.63, 3.8) is 0 Å². The summed E-state index contributed by atoms with van der Waals surface area (Å²) in [4.78, 5) is 39.2. The van der Waals surface area contributed by atoms with E-state index < -0.39 is 0 Å². The number of aromatic nitrogens is 2. The number of nitrogens with zero attached hydrogens (tertiary/aromatic N) is 5. The molecule has 3 heterocycles. The number of likely N-dealkylation sites (N-methyl/N-ethyl adjacent to an activating group) is 1. The van der Waals surface area contributed by atoms with Crippen LogP contribution in [0.25, 0.3) is 0 Å². The maximum atomic E-state index is 13.1. The summed E-state index contributed by atoms with van der Waals surface area (Å²) in [5, 5.41) is 0. The van der Waals surface area contributed by atoms with Crippen molar-refractivity contribution in [1.29, 1.82) is 0 Å². The van der Waals surface area contributed by atoms with E-state index in [1.807, 2.05) is 18.0 Å². The van der Waals surface area contributed by atoms with Crippen LogP contribution < -0.4 is 9.80 Å². The van der Waals surface area contributed by atoms with Crippen LogP contribution in [0.1, 0.15) is 23.2 Å². The van der Waals surface area contributed by atoms with Gasteiger partial charge in [0.2, 0.25) is 5.91 Å². The van der Waals surface area contributed by atoms with Gasteiger partial charge in [-0.1, -0.05) is 0 Å². The molecule has 2 aliphatic heterocycles. The van der Waals surface area contributed by atoms with Gasteiger partial charge in [-0.05, 0) is 37.1 Å². The Kier molecular flexibility index (Phi) is 5.42. The number of ketones is 1. The highest BCUT2D eigenvalue weighted by Crippen LogP contribution is 2.26. The Hall–Kier alpha value is -3.03. The van der Waals surface area contributed by atoms with Crippen molar-refractivity contribution in [2.75, 3.05) is 49.6 Å². The average molecular weight is 397 g/mol. The number of piperidine rings is 1. The predicted molar refractivity (Wildman–Crippen MR) is 108 cm³/mol. The van der Waals surface area contributed by atoms with E-state index in [2.05, 4.69) is 14.9 Å². The number of anilines is 2. The number of piperazine rings is 1. The Morgan fingerprint density at radius 1 is 1.00 bits per heavy atom. The van der Waals surface area contributed by atoms with E-state index in [1.54, 1.807) is 17.0 Å². The van der Waals surface area contributed by atoms with Gasteiger partial charge in [0.1, 0.15) is 23.8 Å². The molecule has 2 aliphatic rings. The molecule has 29 heavy (non-hydrogen) atoms. The highest BCUT2D eigenvalue weighted by molar-refractivity contribution is 5.98. The van der Waals surface area contributed by atoms with Crippen molar-refractivity contribution in [2.24, 2.45) is 5.92 Å². The largest absolute Gasteiger partial charge is 0.356 e. The summed E-state index contributed by atoms with van der Waals surface area (Å²) in [7, 11) is 1.81. The van der Waals surface area contributed by atoms with Crippen molar-refractivity contribution in [3.8, 4) is 0 Å². The van der Waals surface area contributed by atoms with Crippen LogP contribution in [-0.4, -0.2) is 66.3 Å². The number of Topliss-reactive ketones (excluding diaryl/α,β-unsaturated/α-hetero) is 1. The van der Waals surface area contributed by atoms with Crippen LogP contribution in [0.4, 0.5) is 16.0 Å². The van der Waals surface area contributed by atoms with Crippen molar-refractivity contribution in [3.05, 3.63) is 48.0 Å². The van der Waals surface area contributed by atoms with Gasteiger partial charge >= 0.3 is 0 Å². The first-order valence-corrected chi connectivity index (χ1v) is 9.87. The lowest BCUT2D eigenvalue weighted by Crippen LogP contribution is -2.49. The lowest BCUT2D eigenvalue weighted by atomic mass is 9.89. The number of halogens is 1. The maximum Gasteiger partial charge on any atom is 0.241 e. The summed E-state index contributed by atoms with van der Waals surface area (Å²) in [6.45, 7) is 3.18. The van der Waals surface area contributed by atoms with Crippen LogP contribution in [0.3, 0.4) is 0 Å². The molecule has 1 amide bonds. The molecule has 2 aromatic rings. The summed E-state index contributed by atoms with van der Waals surface area (Å²) in [5.41, 5.74) is 0.564. The third-order valence-electron chi connectivity index (χ3n) is 5.74. The zero-order valence-corrected chi connectivity index (χ0v) is 16.4. The van der Waals surface area contributed by atoms with E-state index in [9.17, 15) is 14.0 Å². The van der Waals surface area contributed by atoms with Gasteiger partial charge in [-0.15, -0.1) is 0 Å². The number of hydrogen-bond donors (Lipinski definition) is 0. The Balaban J connectivity index is 1.39. The van der Waals surface area contributed by atoms with Gasteiger partial charge in [-0.2, -0.15) is 0 Å². The Morgan fingerprint density at radius 3 is 2.31 bits per heavy atom. The number of carbonyl (C=O) groups is 2. The molecule has 0 aliphatic carbocycles. The molecule has 152 valence electrons. The fraction of sp³-hybridized carbons (Fsp3) is 0.429. The molecule has 1 aromatic carbocycles. The van der Waals surface area contributed by atoms with Gasteiger partial charge in [-0.25, -0.2) is 14.4 Å². The summed E-state index contributed by atoms with van der Waals surface area (Å²) in [6, 6.07) is 7.68. The molecule has 2 fully saturated rings. The molecule has 8 heteroatoms. The van der Waals surface area contributed by atoms with Crippen LogP contribution in [0.15, 0.2) is 36.7 Å². The van der Waals surface area contributed by atoms with Gasteiger partial charge in [0.25, 0.3) is 0 Å². The predicted octanol–water partition coefficient (Wildman–Crippen LogP) is 1.99. The molecule has 2 saturated heterocycles. The number of benzene rings is 1. The molecule has 0 spiro atoms. The Bertz CT molecular complexity index is 896. The average Bonchev–Trinajstić information content (AvgIpc) is 2.76. The fourth-order valence-corrected chi connectivity index (χ4v) is 3.86. The standard InChI is InChI=1S/C21H24FN5O2/c1-25-10-11-27(13-20(25)28)19-12-18(23-14-24-19)26-8-6-16(7-9-26)21(29)15-2-4-17(22)5-3-15/h2-5,12,14,16H,6-11,13H2,1H3. The van der Waals surface area contributed by atoms with Crippen LogP contribution in [0.2, 0.25) is 0 Å². The summed E-state index contributed by atoms with van der Waals surface area (Å²) in [5.74, 6) is 1.32. The van der Waals surface area contributed by atoms with Crippen LogP contribution >= 0.6 is 0 Å². The summed E-state index contributed by atoms with van der Waals surface area (Å²) < 4.78 is 13.1. The minimum Gasteiger partial charge on any atom is -0.356 e. The lowest BCUT2D eigenvalue weighted by molar-refractivity contribution is -0.129. The smallest absolute Gasteiger partial charge is 0.241 e. The topological polar surface area (TPSA) is 69.6 Å². The van der Waals surface area contributed by atoms with E-state index >= 15 is 0 Å². The number of hydrogen-bond acceptors (Lipinski definition) is 6. The molecule has 0 bridgehead atoms. The molecular weight excluding hydrogens is 373 g/mol. The first-order valence-electron chi connectivity index (χ1n) is 9.87. The zero-order chi connectivity index (χ0) is 20.4. The van der Waals surface area contributed by atoms with Crippen LogP contribution in [0.5, 0.6) is 0 Å². The van der Waals surface area contributed by atoms with E-state index in [0.29, 0.717) is 18.7 Å². The van der Waals surface area contributed by atoms with Crippen LogP contribution in [-0.2, 0) is 4.79 Å². The van der Waals surface area contributed by atoms with E-state index in [4.69, 9.17) is 0 Å². The van der Waals surface area contributed by atoms with Crippen LogP contribution in [0, 0.1) is 11.7 Å². The minimum absolute atomic E-state index is 0.0618. The maximum absolute atomic E-state index is 13.1. The quantitative estimate of drug-likeness (QED) is 0.735. The molecule has 0 N–H and O–H groups in total. The third kappa shape index (κ3) is 4.21. The number of amides is 1. The fourth-order valence-electron chi connectivity index (χ4n) is 3.86. The molecule has 0 unspecified atom stereocenters. The highest BCUT2D eigenvalue weighted by Gasteiger charge is 2.27. The normalized spacial score (nSPS) is 18.3. The molecule has 4 rings (SSSR count). The molecule has 1 aromatic heterocycles. The molecule has 0 saturated carbocycles. The van der Waals surface area contributed by atoms with Crippen molar-refractivity contribution >= 4 is 23.3 Å². The first kappa shape index (κ1) is 19.3. The SMILES string of the molecule is CN1CCN(c2cc(N3CCC(C(=O)c4ccc(F)cc4)CC3)ncn2)CC1=O. The van der Waals surface area contributed by atoms with Gasteiger partial charge in [-0.3, -0.25) is 9.59 Å². The van der Waals surface area contributed by atoms with Crippen molar-refractivity contribution in [1.82, 2.24) is 14.9 Å². The molecule has 0 atom stereocenters. The summed E-state index contributed by atoms with van der Waals surface area (Å²) >= 11 is 0. The Morgan fingerprint density at radius 2 is 1.66 bits per heavy atom. The van der Waals surface area contributed by atoms with Gasteiger partial charge in [0.05, 0.1) is 6.54 Å². The van der Waals surface area contributed by atoms with E-state index in [-0.39, 0.29) is 23.4 Å². The number of rotatable bonds is 4. The van der Waals surface area contributed by atoms with Gasteiger partial charge < -0.3 is 14.7 Å². The molecular formula is C21H24FN5O2. The van der Waals surface area contributed by atoms with Crippen molar-refractivity contribution in [2.45, 2.75) is 12.8 Å².